The van der Waals surface area contributed by atoms with Gasteiger partial charge in [-0.15, -0.1) is 0 Å². The minimum Gasteiger partial charge on any atom is -0.493 e. The third kappa shape index (κ3) is 5.51. The summed E-state index contributed by atoms with van der Waals surface area (Å²) in [4.78, 5) is 18.0. The van der Waals surface area contributed by atoms with Crippen molar-refractivity contribution in [3.8, 4) is 11.5 Å². The topological polar surface area (TPSA) is 75.8 Å². The van der Waals surface area contributed by atoms with Gasteiger partial charge in [-0.25, -0.2) is 0 Å². The summed E-state index contributed by atoms with van der Waals surface area (Å²) in [6.07, 6.45) is 2.12. The molecule has 2 aromatic carbocycles. The quantitative estimate of drug-likeness (QED) is 0.468. The zero-order valence-electron chi connectivity index (χ0n) is 19.8. The molecule has 1 aliphatic heterocycles. The molecular formula is C26H31N3O4S. The number of thiocarbonyl (C=S) groups is 1. The Labute approximate surface area is 205 Å². The Bertz CT molecular complexity index is 1190. The number of fused-ring (bicyclic) bond motifs is 1. The maximum absolute atomic E-state index is 13.0. The van der Waals surface area contributed by atoms with Crippen LogP contribution in [0.25, 0.3) is 10.9 Å². The van der Waals surface area contributed by atoms with E-state index < -0.39 is 0 Å². The van der Waals surface area contributed by atoms with Gasteiger partial charge >= 0.3 is 0 Å². The summed E-state index contributed by atoms with van der Waals surface area (Å²) in [7, 11) is 3.17. The number of nitrogens with one attached hydrogen (secondary N) is 2. The number of rotatable bonds is 8. The molecule has 0 unspecified atom stereocenters. The first-order valence-corrected chi connectivity index (χ1v) is 11.9. The van der Waals surface area contributed by atoms with E-state index in [2.05, 4.69) is 29.4 Å². The van der Waals surface area contributed by atoms with E-state index >= 15 is 0 Å². The normalized spacial score (nSPS) is 16.3. The third-order valence-corrected chi connectivity index (χ3v) is 6.54. The van der Waals surface area contributed by atoms with E-state index in [1.807, 2.05) is 35.2 Å². The Morgan fingerprint density at radius 3 is 2.62 bits per heavy atom. The summed E-state index contributed by atoms with van der Waals surface area (Å²) in [5, 5.41) is 4.89. The first-order chi connectivity index (χ1) is 16.5. The van der Waals surface area contributed by atoms with Gasteiger partial charge in [-0.05, 0) is 49.7 Å². The van der Waals surface area contributed by atoms with Crippen LogP contribution in [-0.2, 0) is 11.3 Å². The summed E-state index contributed by atoms with van der Waals surface area (Å²) < 4.78 is 16.7. The number of methoxy groups -OCH3 is 2. The highest BCUT2D eigenvalue weighted by molar-refractivity contribution is 7.80. The average molecular weight is 482 g/mol. The number of aromatic nitrogens is 1. The van der Waals surface area contributed by atoms with Crippen LogP contribution in [0.2, 0.25) is 0 Å². The zero-order chi connectivity index (χ0) is 24.1. The number of hydrogen-bond acceptors (Lipinski definition) is 5. The molecule has 2 heterocycles. The molecule has 34 heavy (non-hydrogen) atoms. The van der Waals surface area contributed by atoms with E-state index in [4.69, 9.17) is 26.4 Å². The first-order valence-electron chi connectivity index (χ1n) is 11.5. The fourth-order valence-corrected chi connectivity index (χ4v) is 4.57. The van der Waals surface area contributed by atoms with Crippen molar-refractivity contribution in [3.63, 3.8) is 0 Å². The van der Waals surface area contributed by atoms with Gasteiger partial charge in [0.05, 0.1) is 38.4 Å². The van der Waals surface area contributed by atoms with Crippen LogP contribution in [0.4, 0.5) is 0 Å². The molecule has 0 bridgehead atoms. The van der Waals surface area contributed by atoms with E-state index in [-0.39, 0.29) is 17.7 Å². The number of aromatic amines is 1. The molecule has 1 aromatic heterocycles. The Balaban J connectivity index is 1.60. The standard InChI is InChI=1S/C26H31N3O4S/c1-17(18-8-5-4-6-9-18)27-26(34)29(16-21-10-7-11-33-21)15-20-12-19-13-23(31-2)24(32-3)14-22(19)28-25(20)30/h4-6,8-9,12-14,17,21H,7,10-11,15-16H2,1-3H3,(H,27,34)(H,28,30)/t17-,21-/m0/s1. The van der Waals surface area contributed by atoms with Crippen LogP contribution in [0.15, 0.2) is 53.3 Å². The molecule has 0 amide bonds. The number of nitrogens with zero attached hydrogens (tertiary/aromatic N) is 1. The molecule has 0 spiro atoms. The van der Waals surface area contributed by atoms with Gasteiger partial charge < -0.3 is 29.4 Å². The molecule has 8 heteroatoms. The largest absolute Gasteiger partial charge is 0.493 e. The lowest BCUT2D eigenvalue weighted by Gasteiger charge is -2.30. The minimum absolute atomic E-state index is 0.0345. The summed E-state index contributed by atoms with van der Waals surface area (Å²) in [6.45, 7) is 3.83. The monoisotopic (exact) mass is 481 g/mol. The molecule has 1 saturated heterocycles. The van der Waals surface area contributed by atoms with Gasteiger partial charge in [0.25, 0.3) is 5.56 Å². The van der Waals surface area contributed by atoms with Crippen molar-refractivity contribution in [2.75, 3.05) is 27.4 Å². The van der Waals surface area contributed by atoms with Crippen molar-refractivity contribution >= 4 is 28.2 Å². The lowest BCUT2D eigenvalue weighted by Crippen LogP contribution is -2.44. The number of hydrogen-bond donors (Lipinski definition) is 2. The Morgan fingerprint density at radius 1 is 1.21 bits per heavy atom. The van der Waals surface area contributed by atoms with Gasteiger partial charge in [0.1, 0.15) is 0 Å². The second-order valence-corrected chi connectivity index (χ2v) is 8.90. The van der Waals surface area contributed by atoms with Crippen molar-refractivity contribution in [1.29, 1.82) is 0 Å². The lowest BCUT2D eigenvalue weighted by atomic mass is 10.1. The second-order valence-electron chi connectivity index (χ2n) is 8.52. The van der Waals surface area contributed by atoms with Crippen molar-refractivity contribution in [2.24, 2.45) is 0 Å². The van der Waals surface area contributed by atoms with E-state index in [1.54, 1.807) is 20.3 Å². The highest BCUT2D eigenvalue weighted by atomic mass is 32.1. The maximum atomic E-state index is 13.0. The predicted molar refractivity (Wildman–Crippen MR) is 138 cm³/mol. The molecule has 1 aliphatic rings. The van der Waals surface area contributed by atoms with Crippen molar-refractivity contribution in [2.45, 2.75) is 38.5 Å². The fraction of sp³-hybridized carbons (Fsp3) is 0.385. The molecule has 4 rings (SSSR count). The van der Waals surface area contributed by atoms with Crippen LogP contribution in [-0.4, -0.2) is 48.5 Å². The molecule has 2 atom stereocenters. The summed E-state index contributed by atoms with van der Waals surface area (Å²) >= 11 is 5.81. The van der Waals surface area contributed by atoms with E-state index in [0.717, 1.165) is 30.4 Å². The lowest BCUT2D eigenvalue weighted by molar-refractivity contribution is 0.0895. The van der Waals surface area contributed by atoms with Gasteiger partial charge in [0.2, 0.25) is 0 Å². The number of pyridine rings is 1. The average Bonchev–Trinajstić information content (AvgIpc) is 3.37. The summed E-state index contributed by atoms with van der Waals surface area (Å²) in [6, 6.07) is 15.7. The van der Waals surface area contributed by atoms with E-state index in [0.29, 0.717) is 40.8 Å². The summed E-state index contributed by atoms with van der Waals surface area (Å²) in [5.74, 6) is 1.18. The molecule has 2 N–H and O–H groups in total. The molecule has 3 aromatic rings. The Hall–Kier alpha value is -3.10. The SMILES string of the molecule is COc1cc2cc(CN(C[C@@H]3CCCO3)C(=S)N[C@@H](C)c3ccccc3)c(=O)[nH]c2cc1OC. The molecule has 0 radical (unpaired) electrons. The highest BCUT2D eigenvalue weighted by Crippen LogP contribution is 2.31. The third-order valence-electron chi connectivity index (χ3n) is 6.16. The van der Waals surface area contributed by atoms with E-state index in [1.165, 1.54) is 0 Å². The van der Waals surface area contributed by atoms with Crippen LogP contribution >= 0.6 is 12.2 Å². The van der Waals surface area contributed by atoms with Crippen LogP contribution in [0.5, 0.6) is 11.5 Å². The molecule has 0 aliphatic carbocycles. The summed E-state index contributed by atoms with van der Waals surface area (Å²) in [5.41, 5.74) is 2.30. The number of H-pyrrole nitrogens is 1. The van der Waals surface area contributed by atoms with Crippen LogP contribution in [0.3, 0.4) is 0 Å². The Kier molecular flexibility index (Phi) is 7.70. The van der Waals surface area contributed by atoms with Gasteiger partial charge in [-0.2, -0.15) is 0 Å². The Morgan fingerprint density at radius 2 is 1.94 bits per heavy atom. The molecule has 7 nitrogen and oxygen atoms in total. The number of benzene rings is 2. The highest BCUT2D eigenvalue weighted by Gasteiger charge is 2.23. The smallest absolute Gasteiger partial charge is 0.253 e. The van der Waals surface area contributed by atoms with E-state index in [9.17, 15) is 4.79 Å². The van der Waals surface area contributed by atoms with Crippen LogP contribution in [0, 0.1) is 0 Å². The first kappa shape index (κ1) is 24.0. The van der Waals surface area contributed by atoms with Crippen LogP contribution in [0.1, 0.15) is 36.9 Å². The number of ether oxygens (including phenoxy) is 3. The molecular weight excluding hydrogens is 450 g/mol. The maximum Gasteiger partial charge on any atom is 0.253 e. The molecule has 0 saturated carbocycles. The molecule has 180 valence electrons. The predicted octanol–water partition coefficient (Wildman–Crippen LogP) is 4.16. The molecule has 1 fully saturated rings. The zero-order valence-corrected chi connectivity index (χ0v) is 20.6. The van der Waals surface area contributed by atoms with Crippen molar-refractivity contribution < 1.29 is 14.2 Å². The fourth-order valence-electron chi connectivity index (χ4n) is 4.26. The van der Waals surface area contributed by atoms with Crippen LogP contribution < -0.4 is 20.3 Å². The van der Waals surface area contributed by atoms with Gasteiger partial charge in [-0.1, -0.05) is 30.3 Å². The van der Waals surface area contributed by atoms with Crippen molar-refractivity contribution in [3.05, 3.63) is 70.0 Å². The minimum atomic E-state index is -0.157. The van der Waals surface area contributed by atoms with Gasteiger partial charge in [-0.3, -0.25) is 4.79 Å². The van der Waals surface area contributed by atoms with Crippen molar-refractivity contribution in [1.82, 2.24) is 15.2 Å². The second kappa shape index (κ2) is 10.9. The van der Waals surface area contributed by atoms with Gasteiger partial charge in [0, 0.05) is 30.2 Å². The van der Waals surface area contributed by atoms with Gasteiger partial charge in [0.15, 0.2) is 16.6 Å².